The molecule has 5 heteroatoms. The van der Waals surface area contributed by atoms with Gasteiger partial charge in [0.2, 0.25) is 0 Å². The number of likely N-dealkylation sites (N-methyl/N-ethyl adjacent to an activating group) is 1. The number of carbonyl (C=O) groups is 1. The topological polar surface area (TPSA) is 45.5 Å². The summed E-state index contributed by atoms with van der Waals surface area (Å²) in [5.41, 5.74) is 0.660. The highest BCUT2D eigenvalue weighted by molar-refractivity contribution is 9.10. The van der Waals surface area contributed by atoms with Gasteiger partial charge in [0.15, 0.2) is 0 Å². The van der Waals surface area contributed by atoms with Gasteiger partial charge in [0.1, 0.15) is 5.69 Å². The van der Waals surface area contributed by atoms with Crippen LogP contribution in [0.5, 0.6) is 0 Å². The minimum Gasteiger partial charge on any atom is -0.391 e. The lowest BCUT2D eigenvalue weighted by atomic mass is 10.2. The SMILES string of the molecule is CC(C)n1cc(Br)cc1C(=O)N(C)CC(O)C1CC1. The Kier molecular flexibility index (Phi) is 4.36. The highest BCUT2D eigenvalue weighted by atomic mass is 79.9. The van der Waals surface area contributed by atoms with Gasteiger partial charge in [-0.3, -0.25) is 4.79 Å². The number of halogens is 1. The van der Waals surface area contributed by atoms with Crippen molar-refractivity contribution >= 4 is 21.8 Å². The first-order valence-electron chi connectivity index (χ1n) is 6.71. The van der Waals surface area contributed by atoms with Crippen LogP contribution in [0.25, 0.3) is 0 Å². The Labute approximate surface area is 122 Å². The molecule has 1 aliphatic carbocycles. The Morgan fingerprint density at radius 3 is 2.74 bits per heavy atom. The molecule has 1 aromatic heterocycles. The summed E-state index contributed by atoms with van der Waals surface area (Å²) < 4.78 is 2.85. The third-order valence-corrected chi connectivity index (χ3v) is 4.00. The molecule has 0 bridgehead atoms. The fourth-order valence-corrected chi connectivity index (χ4v) is 2.67. The summed E-state index contributed by atoms with van der Waals surface area (Å²) in [6.45, 7) is 4.49. The van der Waals surface area contributed by atoms with Crippen molar-refractivity contribution in [1.82, 2.24) is 9.47 Å². The number of rotatable bonds is 5. The Morgan fingerprint density at radius 1 is 1.58 bits per heavy atom. The van der Waals surface area contributed by atoms with E-state index in [9.17, 15) is 9.90 Å². The second kappa shape index (κ2) is 5.67. The fourth-order valence-electron chi connectivity index (χ4n) is 2.23. The van der Waals surface area contributed by atoms with Crippen LogP contribution in [0.15, 0.2) is 16.7 Å². The summed E-state index contributed by atoms with van der Waals surface area (Å²) in [5.74, 6) is 0.345. The zero-order valence-corrected chi connectivity index (χ0v) is 13.2. The normalized spacial score (nSPS) is 16.7. The van der Waals surface area contributed by atoms with Crippen molar-refractivity contribution in [3.8, 4) is 0 Å². The van der Waals surface area contributed by atoms with Crippen molar-refractivity contribution in [2.45, 2.75) is 38.8 Å². The quantitative estimate of drug-likeness (QED) is 0.903. The lowest BCUT2D eigenvalue weighted by Gasteiger charge is -2.22. The van der Waals surface area contributed by atoms with Crippen LogP contribution >= 0.6 is 15.9 Å². The van der Waals surface area contributed by atoms with Crippen LogP contribution in [-0.2, 0) is 0 Å². The molecule has 1 N–H and O–H groups in total. The van der Waals surface area contributed by atoms with E-state index >= 15 is 0 Å². The maximum Gasteiger partial charge on any atom is 0.270 e. The number of aromatic nitrogens is 1. The molecule has 1 heterocycles. The lowest BCUT2D eigenvalue weighted by molar-refractivity contribution is 0.0634. The Hall–Kier alpha value is -0.810. The summed E-state index contributed by atoms with van der Waals surface area (Å²) in [5, 5.41) is 9.93. The molecule has 1 aromatic rings. The van der Waals surface area contributed by atoms with Crippen molar-refractivity contribution in [2.24, 2.45) is 5.92 Å². The first kappa shape index (κ1) is 14.6. The number of aliphatic hydroxyl groups excluding tert-OH is 1. The van der Waals surface area contributed by atoms with E-state index in [1.807, 2.05) is 30.7 Å². The molecule has 4 nitrogen and oxygen atoms in total. The Balaban J connectivity index is 2.09. The standard InChI is InChI=1S/C14H21BrN2O2/c1-9(2)17-7-11(15)6-12(17)14(19)16(3)8-13(18)10-4-5-10/h6-7,9-10,13,18H,4-5,8H2,1-3H3. The molecule has 1 fully saturated rings. The summed E-state index contributed by atoms with van der Waals surface area (Å²) >= 11 is 3.41. The molecule has 0 aliphatic heterocycles. The second-order valence-electron chi connectivity index (χ2n) is 5.64. The smallest absolute Gasteiger partial charge is 0.270 e. The van der Waals surface area contributed by atoms with Crippen molar-refractivity contribution in [2.75, 3.05) is 13.6 Å². The van der Waals surface area contributed by atoms with E-state index in [-0.39, 0.29) is 18.1 Å². The molecule has 0 aromatic carbocycles. The molecule has 1 atom stereocenters. The van der Waals surface area contributed by atoms with Crippen LogP contribution in [0, 0.1) is 5.92 Å². The third-order valence-electron chi connectivity index (χ3n) is 3.56. The number of amides is 1. The number of hydrogen-bond acceptors (Lipinski definition) is 2. The average molecular weight is 329 g/mol. The van der Waals surface area contributed by atoms with Gasteiger partial charge >= 0.3 is 0 Å². The average Bonchev–Trinajstić information content (AvgIpc) is 3.11. The van der Waals surface area contributed by atoms with E-state index in [4.69, 9.17) is 0 Å². The van der Waals surface area contributed by atoms with Crippen LogP contribution in [-0.4, -0.2) is 40.2 Å². The summed E-state index contributed by atoms with van der Waals surface area (Å²) in [4.78, 5) is 14.0. The monoisotopic (exact) mass is 328 g/mol. The van der Waals surface area contributed by atoms with Crippen LogP contribution in [0.1, 0.15) is 43.2 Å². The van der Waals surface area contributed by atoms with Crippen molar-refractivity contribution in [3.05, 3.63) is 22.4 Å². The molecular weight excluding hydrogens is 308 g/mol. The van der Waals surface area contributed by atoms with Gasteiger partial charge in [-0.1, -0.05) is 0 Å². The summed E-state index contributed by atoms with van der Waals surface area (Å²) in [6, 6.07) is 2.06. The van der Waals surface area contributed by atoms with Crippen LogP contribution in [0.2, 0.25) is 0 Å². The minimum atomic E-state index is -0.389. The molecule has 1 aliphatic rings. The first-order valence-corrected chi connectivity index (χ1v) is 7.50. The summed E-state index contributed by atoms with van der Waals surface area (Å²) in [7, 11) is 1.75. The number of carbonyl (C=O) groups excluding carboxylic acids is 1. The summed E-state index contributed by atoms with van der Waals surface area (Å²) in [6.07, 6.45) is 3.69. The molecular formula is C14H21BrN2O2. The predicted octanol–water partition coefficient (Wildman–Crippen LogP) is 2.67. The van der Waals surface area contributed by atoms with Gasteiger partial charge in [0, 0.05) is 30.3 Å². The first-order chi connectivity index (χ1) is 8.90. The zero-order valence-electron chi connectivity index (χ0n) is 11.6. The second-order valence-corrected chi connectivity index (χ2v) is 6.55. The molecule has 2 rings (SSSR count). The maximum absolute atomic E-state index is 12.4. The lowest BCUT2D eigenvalue weighted by Crippen LogP contribution is -2.36. The number of nitrogens with zero attached hydrogens (tertiary/aromatic N) is 2. The molecule has 0 saturated heterocycles. The van der Waals surface area contributed by atoms with Crippen LogP contribution in [0.4, 0.5) is 0 Å². The number of aliphatic hydroxyl groups is 1. The third kappa shape index (κ3) is 3.39. The van der Waals surface area contributed by atoms with Gasteiger partial charge in [0.25, 0.3) is 5.91 Å². The van der Waals surface area contributed by atoms with E-state index in [1.165, 1.54) is 0 Å². The van der Waals surface area contributed by atoms with Gasteiger partial charge in [-0.15, -0.1) is 0 Å². The molecule has 0 spiro atoms. The van der Waals surface area contributed by atoms with E-state index in [0.29, 0.717) is 18.2 Å². The Bertz CT molecular complexity index is 466. The van der Waals surface area contributed by atoms with Crippen molar-refractivity contribution < 1.29 is 9.90 Å². The largest absolute Gasteiger partial charge is 0.391 e. The molecule has 19 heavy (non-hydrogen) atoms. The van der Waals surface area contributed by atoms with Gasteiger partial charge in [-0.25, -0.2) is 0 Å². The van der Waals surface area contributed by atoms with Gasteiger partial charge in [-0.2, -0.15) is 0 Å². The molecule has 0 radical (unpaired) electrons. The number of hydrogen-bond donors (Lipinski definition) is 1. The predicted molar refractivity (Wildman–Crippen MR) is 78.2 cm³/mol. The minimum absolute atomic E-state index is 0.0425. The van der Waals surface area contributed by atoms with Crippen LogP contribution in [0.3, 0.4) is 0 Å². The van der Waals surface area contributed by atoms with E-state index in [1.54, 1.807) is 11.9 Å². The van der Waals surface area contributed by atoms with Crippen LogP contribution < -0.4 is 0 Å². The van der Waals surface area contributed by atoms with Gasteiger partial charge < -0.3 is 14.6 Å². The van der Waals surface area contributed by atoms with E-state index < -0.39 is 0 Å². The maximum atomic E-state index is 12.4. The van der Waals surface area contributed by atoms with Crippen molar-refractivity contribution in [1.29, 1.82) is 0 Å². The molecule has 1 amide bonds. The van der Waals surface area contributed by atoms with E-state index in [0.717, 1.165) is 17.3 Å². The van der Waals surface area contributed by atoms with Crippen molar-refractivity contribution in [3.63, 3.8) is 0 Å². The van der Waals surface area contributed by atoms with Gasteiger partial charge in [0.05, 0.1) is 6.10 Å². The molecule has 1 unspecified atom stereocenters. The van der Waals surface area contributed by atoms with Gasteiger partial charge in [-0.05, 0) is 54.6 Å². The highest BCUT2D eigenvalue weighted by Crippen LogP contribution is 2.33. The zero-order chi connectivity index (χ0) is 14.2. The fraction of sp³-hybridized carbons (Fsp3) is 0.643. The Morgan fingerprint density at radius 2 is 2.21 bits per heavy atom. The highest BCUT2D eigenvalue weighted by Gasteiger charge is 2.31. The molecule has 1 saturated carbocycles. The van der Waals surface area contributed by atoms with E-state index in [2.05, 4.69) is 15.9 Å². The molecule has 106 valence electrons.